The van der Waals surface area contributed by atoms with Crippen molar-refractivity contribution in [2.24, 2.45) is 0 Å². The van der Waals surface area contributed by atoms with E-state index in [1.54, 1.807) is 25.1 Å². The minimum atomic E-state index is -0.969. The highest BCUT2D eigenvalue weighted by molar-refractivity contribution is 5.74. The van der Waals surface area contributed by atoms with Gasteiger partial charge in [0.15, 0.2) is 5.75 Å². The third kappa shape index (κ3) is 3.65. The Hall–Kier alpha value is -2.15. The van der Waals surface area contributed by atoms with Crippen LogP contribution in [0.15, 0.2) is 18.2 Å². The van der Waals surface area contributed by atoms with Crippen LogP contribution < -0.4 is 4.74 Å². The van der Waals surface area contributed by atoms with E-state index in [-0.39, 0.29) is 17.9 Å². The molecular weight excluding hydrogens is 252 g/mol. The molecule has 0 saturated heterocycles. The minimum absolute atomic E-state index is 0.158. The maximum absolute atomic E-state index is 11.1. The molecule has 7 heteroatoms. The summed E-state index contributed by atoms with van der Waals surface area (Å²) in [4.78, 5) is 23.0. The third-order valence-electron chi connectivity index (χ3n) is 2.78. The molecule has 0 fully saturated rings. The zero-order chi connectivity index (χ0) is 14.6. The van der Waals surface area contributed by atoms with Gasteiger partial charge in [-0.2, -0.15) is 0 Å². The minimum Gasteiger partial charge on any atom is -0.490 e. The SMILES string of the molecule is COc1ccc(CC(C(=O)O)N(C)C)cc1[N+](=O)[O-]. The number of carboxylic acid groups (broad SMARTS) is 1. The number of hydrogen-bond acceptors (Lipinski definition) is 5. The topological polar surface area (TPSA) is 92.9 Å². The van der Waals surface area contributed by atoms with Crippen LogP contribution >= 0.6 is 0 Å². The molecule has 0 aliphatic rings. The fourth-order valence-corrected chi connectivity index (χ4v) is 1.72. The van der Waals surface area contributed by atoms with Crippen LogP contribution in [0.3, 0.4) is 0 Å². The second kappa shape index (κ2) is 6.14. The van der Waals surface area contributed by atoms with Crippen molar-refractivity contribution in [3.05, 3.63) is 33.9 Å². The number of nitro benzene ring substituents is 1. The first-order chi connectivity index (χ1) is 8.86. The lowest BCUT2D eigenvalue weighted by molar-refractivity contribution is -0.385. The highest BCUT2D eigenvalue weighted by atomic mass is 16.6. The summed E-state index contributed by atoms with van der Waals surface area (Å²) in [7, 11) is 4.65. The fraction of sp³-hybridized carbons (Fsp3) is 0.417. The second-order valence-electron chi connectivity index (χ2n) is 4.29. The van der Waals surface area contributed by atoms with Gasteiger partial charge in [0.05, 0.1) is 12.0 Å². The van der Waals surface area contributed by atoms with Gasteiger partial charge in [0.1, 0.15) is 6.04 Å². The standard InChI is InChI=1S/C12H16N2O5/c1-13(2)10(12(15)16)7-8-4-5-11(19-3)9(6-8)14(17)18/h4-6,10H,7H2,1-3H3,(H,15,16). The van der Waals surface area contributed by atoms with Gasteiger partial charge in [-0.1, -0.05) is 6.07 Å². The predicted molar refractivity (Wildman–Crippen MR) is 68.5 cm³/mol. The first kappa shape index (κ1) is 14.9. The number of nitrogens with zero attached hydrogens (tertiary/aromatic N) is 2. The third-order valence-corrected chi connectivity index (χ3v) is 2.78. The molecule has 0 radical (unpaired) electrons. The van der Waals surface area contributed by atoms with Gasteiger partial charge < -0.3 is 9.84 Å². The lowest BCUT2D eigenvalue weighted by atomic mass is 10.0. The Kier molecular flexibility index (Phi) is 4.82. The summed E-state index contributed by atoms with van der Waals surface area (Å²) in [5, 5.41) is 20.0. The number of ether oxygens (including phenoxy) is 1. The first-order valence-electron chi connectivity index (χ1n) is 5.57. The van der Waals surface area contributed by atoms with Gasteiger partial charge in [0.2, 0.25) is 0 Å². The number of aliphatic carboxylic acids is 1. The Morgan fingerprint density at radius 1 is 1.53 bits per heavy atom. The van der Waals surface area contributed by atoms with Crippen molar-refractivity contribution in [1.82, 2.24) is 4.90 Å². The summed E-state index contributed by atoms with van der Waals surface area (Å²) in [6.07, 6.45) is 0.188. The molecule has 0 heterocycles. The quantitative estimate of drug-likeness (QED) is 0.614. The molecule has 1 aromatic rings. The van der Waals surface area contributed by atoms with Gasteiger partial charge in [0, 0.05) is 6.07 Å². The lowest BCUT2D eigenvalue weighted by Crippen LogP contribution is -2.37. The Morgan fingerprint density at radius 2 is 2.16 bits per heavy atom. The predicted octanol–water partition coefficient (Wildman–Crippen LogP) is 1.16. The molecule has 0 aliphatic heterocycles. The number of likely N-dealkylation sites (N-methyl/N-ethyl adjacent to an activating group) is 1. The molecule has 0 bridgehead atoms. The molecule has 1 atom stereocenters. The Morgan fingerprint density at radius 3 is 2.58 bits per heavy atom. The Balaban J connectivity index is 3.05. The number of methoxy groups -OCH3 is 1. The molecule has 0 amide bonds. The summed E-state index contributed by atoms with van der Waals surface area (Å²) in [6.45, 7) is 0. The summed E-state index contributed by atoms with van der Waals surface area (Å²) < 4.78 is 4.89. The second-order valence-corrected chi connectivity index (χ2v) is 4.29. The van der Waals surface area contributed by atoms with Crippen LogP contribution in [0.25, 0.3) is 0 Å². The van der Waals surface area contributed by atoms with E-state index in [9.17, 15) is 14.9 Å². The van der Waals surface area contributed by atoms with Crippen LogP contribution in [0.4, 0.5) is 5.69 Å². The van der Waals surface area contributed by atoms with Gasteiger partial charge in [-0.25, -0.2) is 0 Å². The van der Waals surface area contributed by atoms with Gasteiger partial charge in [0.25, 0.3) is 0 Å². The Bertz CT molecular complexity index is 487. The van der Waals surface area contributed by atoms with Crippen molar-refractivity contribution in [1.29, 1.82) is 0 Å². The van der Waals surface area contributed by atoms with Crippen molar-refractivity contribution in [2.75, 3.05) is 21.2 Å². The number of carboxylic acids is 1. The van der Waals surface area contributed by atoms with Gasteiger partial charge >= 0.3 is 11.7 Å². The molecule has 19 heavy (non-hydrogen) atoms. The van der Waals surface area contributed by atoms with Gasteiger partial charge in [-0.3, -0.25) is 19.8 Å². The molecule has 0 aliphatic carbocycles. The molecule has 1 aromatic carbocycles. The van der Waals surface area contributed by atoms with Gasteiger partial charge in [-0.05, 0) is 32.1 Å². The van der Waals surface area contributed by atoms with E-state index in [0.717, 1.165) is 0 Å². The first-order valence-corrected chi connectivity index (χ1v) is 5.57. The number of benzene rings is 1. The van der Waals surface area contributed by atoms with Gasteiger partial charge in [-0.15, -0.1) is 0 Å². The van der Waals surface area contributed by atoms with Crippen LogP contribution in [0.2, 0.25) is 0 Å². The molecule has 1 N–H and O–H groups in total. The fourth-order valence-electron chi connectivity index (χ4n) is 1.72. The van der Waals surface area contributed by atoms with Crippen LogP contribution in [-0.4, -0.2) is 48.1 Å². The van der Waals surface area contributed by atoms with E-state index in [2.05, 4.69) is 0 Å². The van der Waals surface area contributed by atoms with Crippen molar-refractivity contribution < 1.29 is 19.6 Å². The van der Waals surface area contributed by atoms with E-state index in [4.69, 9.17) is 9.84 Å². The summed E-state index contributed by atoms with van der Waals surface area (Å²) >= 11 is 0. The molecule has 1 unspecified atom stereocenters. The van der Waals surface area contributed by atoms with Crippen molar-refractivity contribution >= 4 is 11.7 Å². The van der Waals surface area contributed by atoms with Crippen molar-refractivity contribution in [2.45, 2.75) is 12.5 Å². The average molecular weight is 268 g/mol. The lowest BCUT2D eigenvalue weighted by Gasteiger charge is -2.19. The van der Waals surface area contributed by atoms with E-state index in [1.165, 1.54) is 19.2 Å². The number of carbonyl (C=O) groups is 1. The molecule has 0 spiro atoms. The summed E-state index contributed by atoms with van der Waals surface area (Å²) in [5.74, 6) is -0.811. The largest absolute Gasteiger partial charge is 0.490 e. The van der Waals surface area contributed by atoms with Crippen LogP contribution in [0.5, 0.6) is 5.75 Å². The zero-order valence-corrected chi connectivity index (χ0v) is 11.0. The highest BCUT2D eigenvalue weighted by Crippen LogP contribution is 2.28. The van der Waals surface area contributed by atoms with Crippen LogP contribution in [0.1, 0.15) is 5.56 Å². The number of hydrogen-bond donors (Lipinski definition) is 1. The number of rotatable bonds is 6. The molecule has 7 nitrogen and oxygen atoms in total. The highest BCUT2D eigenvalue weighted by Gasteiger charge is 2.22. The monoisotopic (exact) mass is 268 g/mol. The number of nitro groups is 1. The Labute approximate surface area is 110 Å². The molecule has 0 aromatic heterocycles. The molecule has 1 rings (SSSR count). The van der Waals surface area contributed by atoms with Crippen LogP contribution in [0, 0.1) is 10.1 Å². The van der Waals surface area contributed by atoms with E-state index >= 15 is 0 Å². The van der Waals surface area contributed by atoms with E-state index in [1.807, 2.05) is 0 Å². The smallest absolute Gasteiger partial charge is 0.321 e. The molecule has 0 saturated carbocycles. The molecular formula is C12H16N2O5. The summed E-state index contributed by atoms with van der Waals surface area (Å²) in [6, 6.07) is 3.72. The normalized spacial score (nSPS) is 12.2. The maximum atomic E-state index is 11.1. The maximum Gasteiger partial charge on any atom is 0.321 e. The zero-order valence-electron chi connectivity index (χ0n) is 11.0. The molecule has 104 valence electrons. The average Bonchev–Trinajstić information content (AvgIpc) is 2.34. The van der Waals surface area contributed by atoms with E-state index < -0.39 is 16.9 Å². The summed E-state index contributed by atoms with van der Waals surface area (Å²) in [5.41, 5.74) is 0.413. The van der Waals surface area contributed by atoms with E-state index in [0.29, 0.717) is 5.56 Å². The van der Waals surface area contributed by atoms with Crippen molar-refractivity contribution in [3.8, 4) is 5.75 Å². The van der Waals surface area contributed by atoms with Crippen LogP contribution in [-0.2, 0) is 11.2 Å². The van der Waals surface area contributed by atoms with Crippen molar-refractivity contribution in [3.63, 3.8) is 0 Å².